The van der Waals surface area contributed by atoms with E-state index in [4.69, 9.17) is 10.5 Å². The van der Waals surface area contributed by atoms with Gasteiger partial charge in [0, 0.05) is 5.92 Å². The van der Waals surface area contributed by atoms with Crippen LogP contribution in [0, 0.1) is 34.5 Å². The molecule has 0 N–H and O–H groups in total. The third-order valence-electron chi connectivity index (χ3n) is 1.81. The zero-order valence-electron chi connectivity index (χ0n) is 6.57. The number of hydrogen-bond acceptors (Lipinski definition) is 2. The van der Waals surface area contributed by atoms with Gasteiger partial charge in [0.2, 0.25) is 0 Å². The molecule has 1 atom stereocenters. The fourth-order valence-electron chi connectivity index (χ4n) is 1.11. The van der Waals surface area contributed by atoms with Gasteiger partial charge in [-0.15, -0.1) is 0 Å². The second-order valence-corrected chi connectivity index (χ2v) is 2.58. The maximum atomic E-state index is 8.62. The van der Waals surface area contributed by atoms with Crippen molar-refractivity contribution in [3.8, 4) is 12.1 Å². The summed E-state index contributed by atoms with van der Waals surface area (Å²) in [5.41, 5.74) is 0.825. The Labute approximate surface area is 71.7 Å². The summed E-state index contributed by atoms with van der Waals surface area (Å²) in [5.74, 6) is -0.747. The van der Waals surface area contributed by atoms with Gasteiger partial charge in [0.05, 0.1) is 12.1 Å². The molecule has 1 aliphatic rings. The molecule has 0 aromatic rings. The average Bonchev–Trinajstić information content (AvgIpc) is 2.10. The SMILES string of the molecule is C=C1C=CC=CC1C(C#N)C#N. The molecule has 0 aromatic heterocycles. The Morgan fingerprint density at radius 1 is 1.33 bits per heavy atom. The van der Waals surface area contributed by atoms with Crippen LogP contribution in [0.2, 0.25) is 0 Å². The lowest BCUT2D eigenvalue weighted by Gasteiger charge is -2.15. The highest BCUT2D eigenvalue weighted by molar-refractivity contribution is 5.34. The maximum Gasteiger partial charge on any atom is 0.143 e. The molecular weight excluding hydrogens is 148 g/mol. The molecule has 0 spiro atoms. The lowest BCUT2D eigenvalue weighted by Crippen LogP contribution is -2.11. The molecule has 0 saturated carbocycles. The van der Waals surface area contributed by atoms with Gasteiger partial charge >= 0.3 is 0 Å². The molecule has 58 valence electrons. The summed E-state index contributed by atoms with van der Waals surface area (Å²) in [6.45, 7) is 3.77. The van der Waals surface area contributed by atoms with Crippen molar-refractivity contribution in [1.29, 1.82) is 10.5 Å². The van der Waals surface area contributed by atoms with Crippen LogP contribution in [0.15, 0.2) is 36.5 Å². The maximum absolute atomic E-state index is 8.62. The van der Waals surface area contributed by atoms with Crippen molar-refractivity contribution in [2.24, 2.45) is 11.8 Å². The minimum atomic E-state index is -0.612. The minimum Gasteiger partial charge on any atom is -0.197 e. The van der Waals surface area contributed by atoms with E-state index < -0.39 is 5.92 Å². The predicted molar refractivity (Wildman–Crippen MR) is 45.6 cm³/mol. The highest BCUT2D eigenvalue weighted by Crippen LogP contribution is 2.24. The average molecular weight is 156 g/mol. The van der Waals surface area contributed by atoms with E-state index in [9.17, 15) is 0 Å². The van der Waals surface area contributed by atoms with Crippen molar-refractivity contribution in [3.05, 3.63) is 36.5 Å². The van der Waals surface area contributed by atoms with Gasteiger partial charge in [-0.1, -0.05) is 30.9 Å². The van der Waals surface area contributed by atoms with Crippen LogP contribution in [0.4, 0.5) is 0 Å². The molecule has 1 aliphatic carbocycles. The minimum absolute atomic E-state index is 0.134. The second kappa shape index (κ2) is 3.55. The molecular formula is C10H8N2. The van der Waals surface area contributed by atoms with Gasteiger partial charge in [0.25, 0.3) is 0 Å². The van der Waals surface area contributed by atoms with E-state index in [2.05, 4.69) is 6.58 Å². The molecule has 0 aromatic carbocycles. The number of nitrogens with zero attached hydrogens (tertiary/aromatic N) is 2. The van der Waals surface area contributed by atoms with Crippen molar-refractivity contribution >= 4 is 0 Å². The molecule has 1 rings (SSSR count). The Balaban J connectivity index is 2.85. The fraction of sp³-hybridized carbons (Fsp3) is 0.200. The van der Waals surface area contributed by atoms with Crippen molar-refractivity contribution in [2.75, 3.05) is 0 Å². The van der Waals surface area contributed by atoms with Crippen LogP contribution in [0.5, 0.6) is 0 Å². The van der Waals surface area contributed by atoms with E-state index >= 15 is 0 Å². The molecule has 0 bridgehead atoms. The first-order valence-corrected chi connectivity index (χ1v) is 3.62. The van der Waals surface area contributed by atoms with Crippen LogP contribution >= 0.6 is 0 Å². The first-order chi connectivity index (χ1) is 5.79. The summed E-state index contributed by atoms with van der Waals surface area (Å²) in [6.07, 6.45) is 7.34. The van der Waals surface area contributed by atoms with Gasteiger partial charge < -0.3 is 0 Å². The Morgan fingerprint density at radius 3 is 2.50 bits per heavy atom. The molecule has 2 heteroatoms. The Morgan fingerprint density at radius 2 is 2.00 bits per heavy atom. The standard InChI is InChI=1S/C10H8N2/c1-8-4-2-3-5-10(8)9(6-11)7-12/h2-5,9-10H,1H2. The topological polar surface area (TPSA) is 47.6 Å². The normalized spacial score (nSPS) is 20.6. The molecule has 0 amide bonds. The number of allylic oxidation sites excluding steroid dienone is 5. The van der Waals surface area contributed by atoms with Gasteiger partial charge in [0.1, 0.15) is 5.92 Å². The van der Waals surface area contributed by atoms with E-state index in [1.807, 2.05) is 36.4 Å². The highest BCUT2D eigenvalue weighted by atomic mass is 14.3. The number of rotatable bonds is 1. The van der Waals surface area contributed by atoms with E-state index in [1.54, 1.807) is 0 Å². The summed E-state index contributed by atoms with van der Waals surface area (Å²) < 4.78 is 0. The van der Waals surface area contributed by atoms with E-state index in [-0.39, 0.29) is 5.92 Å². The molecule has 0 radical (unpaired) electrons. The Bertz CT molecular complexity index is 309. The first kappa shape index (κ1) is 8.30. The van der Waals surface area contributed by atoms with Crippen LogP contribution in [-0.2, 0) is 0 Å². The lowest BCUT2D eigenvalue weighted by atomic mass is 9.85. The van der Waals surface area contributed by atoms with Crippen LogP contribution in [0.3, 0.4) is 0 Å². The van der Waals surface area contributed by atoms with Crippen LogP contribution in [0.1, 0.15) is 0 Å². The molecule has 2 nitrogen and oxygen atoms in total. The molecule has 0 aliphatic heterocycles. The smallest absolute Gasteiger partial charge is 0.143 e. The third kappa shape index (κ3) is 1.44. The summed E-state index contributed by atoms with van der Waals surface area (Å²) in [7, 11) is 0. The van der Waals surface area contributed by atoms with Crippen molar-refractivity contribution in [1.82, 2.24) is 0 Å². The highest BCUT2D eigenvalue weighted by Gasteiger charge is 2.20. The van der Waals surface area contributed by atoms with Gasteiger partial charge in [-0.05, 0) is 5.57 Å². The summed E-state index contributed by atoms with van der Waals surface area (Å²) in [4.78, 5) is 0. The van der Waals surface area contributed by atoms with Gasteiger partial charge in [-0.25, -0.2) is 0 Å². The summed E-state index contributed by atoms with van der Waals surface area (Å²) in [6, 6.07) is 3.89. The zero-order valence-corrected chi connectivity index (χ0v) is 6.57. The van der Waals surface area contributed by atoms with Gasteiger partial charge in [-0.2, -0.15) is 10.5 Å². The summed E-state index contributed by atoms with van der Waals surface area (Å²) >= 11 is 0. The number of hydrogen-bond donors (Lipinski definition) is 0. The molecule has 0 heterocycles. The monoisotopic (exact) mass is 156 g/mol. The molecule has 12 heavy (non-hydrogen) atoms. The molecule has 0 saturated heterocycles. The zero-order chi connectivity index (χ0) is 8.97. The van der Waals surface area contributed by atoms with Gasteiger partial charge in [0.15, 0.2) is 0 Å². The Hall–Kier alpha value is -1.80. The van der Waals surface area contributed by atoms with E-state index in [0.717, 1.165) is 5.57 Å². The number of nitriles is 2. The van der Waals surface area contributed by atoms with Crippen LogP contribution in [0.25, 0.3) is 0 Å². The van der Waals surface area contributed by atoms with Crippen molar-refractivity contribution in [2.45, 2.75) is 0 Å². The van der Waals surface area contributed by atoms with Crippen LogP contribution in [-0.4, -0.2) is 0 Å². The molecule has 0 fully saturated rings. The second-order valence-electron chi connectivity index (χ2n) is 2.58. The van der Waals surface area contributed by atoms with Crippen molar-refractivity contribution in [3.63, 3.8) is 0 Å². The Kier molecular flexibility index (Phi) is 2.46. The first-order valence-electron chi connectivity index (χ1n) is 3.62. The van der Waals surface area contributed by atoms with Crippen LogP contribution < -0.4 is 0 Å². The van der Waals surface area contributed by atoms with Crippen molar-refractivity contribution < 1.29 is 0 Å². The lowest BCUT2D eigenvalue weighted by molar-refractivity contribution is 0.674. The summed E-state index contributed by atoms with van der Waals surface area (Å²) in [5, 5.41) is 17.2. The fourth-order valence-corrected chi connectivity index (χ4v) is 1.11. The largest absolute Gasteiger partial charge is 0.197 e. The quantitative estimate of drug-likeness (QED) is 0.582. The third-order valence-corrected chi connectivity index (χ3v) is 1.81. The van der Waals surface area contributed by atoms with E-state index in [0.29, 0.717) is 0 Å². The predicted octanol–water partition coefficient (Wildman–Crippen LogP) is 1.95. The van der Waals surface area contributed by atoms with Gasteiger partial charge in [-0.3, -0.25) is 0 Å². The van der Waals surface area contributed by atoms with E-state index in [1.165, 1.54) is 0 Å². The molecule has 1 unspecified atom stereocenters.